The van der Waals surface area contributed by atoms with Gasteiger partial charge in [0.1, 0.15) is 0 Å². The van der Waals surface area contributed by atoms with Gasteiger partial charge < -0.3 is 0 Å². The second kappa shape index (κ2) is 5.59. The highest BCUT2D eigenvalue weighted by Crippen LogP contribution is 2.22. The van der Waals surface area contributed by atoms with Crippen molar-refractivity contribution in [3.63, 3.8) is 0 Å². The quantitative estimate of drug-likeness (QED) is 0.443. The fourth-order valence-electron chi connectivity index (χ4n) is 1.57. The summed E-state index contributed by atoms with van der Waals surface area (Å²) < 4.78 is 0. The summed E-state index contributed by atoms with van der Waals surface area (Å²) in [6.07, 6.45) is 9.65. The normalized spacial score (nSPS) is 18.2. The zero-order valence-corrected chi connectivity index (χ0v) is 8.18. The molecule has 13 heavy (non-hydrogen) atoms. The van der Waals surface area contributed by atoms with Gasteiger partial charge in [-0.1, -0.05) is 31.1 Å². The van der Waals surface area contributed by atoms with Crippen LogP contribution in [0.4, 0.5) is 0 Å². The van der Waals surface area contributed by atoms with E-state index < -0.39 is 0 Å². The summed E-state index contributed by atoms with van der Waals surface area (Å²) in [5.41, 5.74) is 0. The first-order valence-corrected chi connectivity index (χ1v) is 4.97. The molecule has 0 aromatic rings. The summed E-state index contributed by atoms with van der Waals surface area (Å²) in [4.78, 5) is 10.5. The van der Waals surface area contributed by atoms with Crippen molar-refractivity contribution in [2.45, 2.75) is 39.0 Å². The topological polar surface area (TPSA) is 17.1 Å². The van der Waals surface area contributed by atoms with Crippen LogP contribution in [0.1, 0.15) is 39.0 Å². The van der Waals surface area contributed by atoms with E-state index in [1.54, 1.807) is 13.0 Å². The maximum atomic E-state index is 10.5. The Morgan fingerprint density at radius 3 is 2.62 bits per heavy atom. The second-order valence-electron chi connectivity index (χ2n) is 3.57. The molecular formula is C12H16O. The molecule has 1 nitrogen and oxygen atoms in total. The zero-order valence-electron chi connectivity index (χ0n) is 8.18. The molecule has 0 heterocycles. The molecule has 1 fully saturated rings. The van der Waals surface area contributed by atoms with Crippen molar-refractivity contribution in [2.75, 3.05) is 0 Å². The van der Waals surface area contributed by atoms with E-state index >= 15 is 0 Å². The Morgan fingerprint density at radius 1 is 1.31 bits per heavy atom. The van der Waals surface area contributed by atoms with Gasteiger partial charge in [-0.05, 0) is 31.9 Å². The average molecular weight is 176 g/mol. The lowest BCUT2D eigenvalue weighted by atomic mass is 9.90. The second-order valence-corrected chi connectivity index (χ2v) is 3.57. The summed E-state index contributed by atoms with van der Waals surface area (Å²) >= 11 is 0. The van der Waals surface area contributed by atoms with E-state index in [0.29, 0.717) is 5.92 Å². The Bertz CT molecular complexity index is 246. The first kappa shape index (κ1) is 10.1. The molecule has 0 spiro atoms. The molecule has 70 valence electrons. The van der Waals surface area contributed by atoms with Crippen LogP contribution < -0.4 is 0 Å². The zero-order chi connectivity index (χ0) is 9.52. The number of carbonyl (C=O) groups is 1. The Hall–Kier alpha value is -1.03. The van der Waals surface area contributed by atoms with Crippen LogP contribution in [0.25, 0.3) is 0 Å². The van der Waals surface area contributed by atoms with E-state index in [1.165, 1.54) is 38.2 Å². The number of ketones is 1. The molecule has 0 atom stereocenters. The fraction of sp³-hybridized carbons (Fsp3) is 0.583. The van der Waals surface area contributed by atoms with Gasteiger partial charge in [-0.3, -0.25) is 4.79 Å². The highest BCUT2D eigenvalue weighted by molar-refractivity contribution is 5.87. The van der Waals surface area contributed by atoms with Gasteiger partial charge in [-0.25, -0.2) is 0 Å². The third-order valence-electron chi connectivity index (χ3n) is 2.29. The van der Waals surface area contributed by atoms with E-state index in [4.69, 9.17) is 0 Å². The molecule has 0 unspecified atom stereocenters. The van der Waals surface area contributed by atoms with E-state index in [2.05, 4.69) is 11.8 Å². The van der Waals surface area contributed by atoms with Crippen LogP contribution in [0.5, 0.6) is 0 Å². The molecular weight excluding hydrogens is 160 g/mol. The third-order valence-corrected chi connectivity index (χ3v) is 2.29. The van der Waals surface area contributed by atoms with Crippen molar-refractivity contribution in [1.82, 2.24) is 0 Å². The SMILES string of the molecule is CC(=O)/C=C/C#CC1CCCCC1. The molecule has 1 aliphatic rings. The van der Waals surface area contributed by atoms with Crippen LogP contribution in [0.15, 0.2) is 12.2 Å². The molecule has 0 radical (unpaired) electrons. The van der Waals surface area contributed by atoms with Crippen LogP contribution in [-0.4, -0.2) is 5.78 Å². The highest BCUT2D eigenvalue weighted by Gasteiger charge is 2.09. The van der Waals surface area contributed by atoms with Crippen LogP contribution in [0.2, 0.25) is 0 Å². The molecule has 1 heteroatoms. The number of rotatable bonds is 1. The van der Waals surface area contributed by atoms with Crippen molar-refractivity contribution in [2.24, 2.45) is 5.92 Å². The average Bonchev–Trinajstić information content (AvgIpc) is 2.14. The summed E-state index contributed by atoms with van der Waals surface area (Å²) in [6, 6.07) is 0. The van der Waals surface area contributed by atoms with Gasteiger partial charge in [0.15, 0.2) is 5.78 Å². The number of hydrogen-bond acceptors (Lipinski definition) is 1. The standard InChI is InChI=1S/C12H16O/c1-11(13)7-5-6-10-12-8-3-2-4-9-12/h5,7,12H,2-4,8-9H2,1H3/b7-5+. The Kier molecular flexibility index (Phi) is 4.32. The minimum Gasteiger partial charge on any atom is -0.295 e. The van der Waals surface area contributed by atoms with Crippen LogP contribution >= 0.6 is 0 Å². The number of hydrogen-bond donors (Lipinski definition) is 0. The maximum absolute atomic E-state index is 10.5. The van der Waals surface area contributed by atoms with E-state index in [1.807, 2.05) is 0 Å². The maximum Gasteiger partial charge on any atom is 0.153 e. The molecule has 1 saturated carbocycles. The molecule has 0 aromatic heterocycles. The molecule has 0 N–H and O–H groups in total. The van der Waals surface area contributed by atoms with Gasteiger partial charge in [0, 0.05) is 5.92 Å². The van der Waals surface area contributed by atoms with Gasteiger partial charge in [0.25, 0.3) is 0 Å². The van der Waals surface area contributed by atoms with Crippen molar-refractivity contribution in [3.8, 4) is 11.8 Å². The van der Waals surface area contributed by atoms with Crippen molar-refractivity contribution < 1.29 is 4.79 Å². The van der Waals surface area contributed by atoms with E-state index in [9.17, 15) is 4.79 Å². The lowest BCUT2D eigenvalue weighted by Gasteiger charge is -2.15. The summed E-state index contributed by atoms with van der Waals surface area (Å²) in [5.74, 6) is 6.76. The number of allylic oxidation sites excluding steroid dienone is 2. The Balaban J connectivity index is 2.32. The van der Waals surface area contributed by atoms with Crippen molar-refractivity contribution in [1.29, 1.82) is 0 Å². The smallest absolute Gasteiger partial charge is 0.153 e. The van der Waals surface area contributed by atoms with Crippen LogP contribution in [0.3, 0.4) is 0 Å². The van der Waals surface area contributed by atoms with Crippen LogP contribution in [-0.2, 0) is 4.79 Å². The summed E-state index contributed by atoms with van der Waals surface area (Å²) in [6.45, 7) is 1.54. The first-order chi connectivity index (χ1) is 6.29. The molecule has 0 bridgehead atoms. The minimum atomic E-state index is 0.0675. The molecule has 0 saturated heterocycles. The lowest BCUT2D eigenvalue weighted by Crippen LogP contribution is -2.02. The first-order valence-electron chi connectivity index (χ1n) is 4.97. The summed E-state index contributed by atoms with van der Waals surface area (Å²) in [7, 11) is 0. The van der Waals surface area contributed by atoms with Gasteiger partial charge >= 0.3 is 0 Å². The van der Waals surface area contributed by atoms with Crippen molar-refractivity contribution >= 4 is 5.78 Å². The summed E-state index contributed by atoms with van der Waals surface area (Å²) in [5, 5.41) is 0. The lowest BCUT2D eigenvalue weighted by molar-refractivity contribution is -0.112. The Morgan fingerprint density at radius 2 is 2.00 bits per heavy atom. The van der Waals surface area contributed by atoms with Crippen molar-refractivity contribution in [3.05, 3.63) is 12.2 Å². The molecule has 1 rings (SSSR count). The largest absolute Gasteiger partial charge is 0.295 e. The predicted octanol–water partition coefficient (Wildman–Crippen LogP) is 2.72. The van der Waals surface area contributed by atoms with Crippen LogP contribution in [0, 0.1) is 17.8 Å². The molecule has 1 aliphatic carbocycles. The Labute approximate surface area is 80.2 Å². The fourth-order valence-corrected chi connectivity index (χ4v) is 1.57. The van der Waals surface area contributed by atoms with Gasteiger partial charge in [-0.15, -0.1) is 0 Å². The van der Waals surface area contributed by atoms with E-state index in [0.717, 1.165) is 0 Å². The molecule has 0 aliphatic heterocycles. The number of carbonyl (C=O) groups excluding carboxylic acids is 1. The molecule has 0 amide bonds. The third kappa shape index (κ3) is 4.52. The van der Waals surface area contributed by atoms with Gasteiger partial charge in [0.05, 0.1) is 0 Å². The highest BCUT2D eigenvalue weighted by atomic mass is 16.1. The van der Waals surface area contributed by atoms with Gasteiger partial charge in [-0.2, -0.15) is 0 Å². The minimum absolute atomic E-state index is 0.0675. The predicted molar refractivity (Wildman–Crippen MR) is 54.2 cm³/mol. The molecule has 0 aromatic carbocycles. The van der Waals surface area contributed by atoms with Gasteiger partial charge in [0.2, 0.25) is 0 Å². The monoisotopic (exact) mass is 176 g/mol. The van der Waals surface area contributed by atoms with E-state index in [-0.39, 0.29) is 5.78 Å².